The van der Waals surface area contributed by atoms with E-state index in [4.69, 9.17) is 16.3 Å². The third kappa shape index (κ3) is 4.48. The van der Waals surface area contributed by atoms with E-state index in [9.17, 15) is 0 Å². The van der Waals surface area contributed by atoms with Gasteiger partial charge in [0.1, 0.15) is 5.75 Å². The summed E-state index contributed by atoms with van der Waals surface area (Å²) in [7, 11) is 0. The predicted molar refractivity (Wildman–Crippen MR) is 80.7 cm³/mol. The summed E-state index contributed by atoms with van der Waals surface area (Å²) in [5.74, 6) is 8.50. The Kier molecular flexibility index (Phi) is 5.61. The minimum absolute atomic E-state index is 0.347. The monoisotopic (exact) mass is 276 g/mol. The molecular weight excluding hydrogens is 256 g/mol. The van der Waals surface area contributed by atoms with E-state index in [0.717, 1.165) is 36.5 Å². The van der Waals surface area contributed by atoms with E-state index >= 15 is 0 Å². The van der Waals surface area contributed by atoms with Crippen molar-refractivity contribution in [1.82, 2.24) is 0 Å². The maximum absolute atomic E-state index is 6.15. The number of ether oxygens (including phenoxy) is 1. The van der Waals surface area contributed by atoms with E-state index < -0.39 is 0 Å². The molecule has 0 radical (unpaired) electrons. The molecule has 1 aromatic carbocycles. The Morgan fingerprint density at radius 2 is 2.16 bits per heavy atom. The van der Waals surface area contributed by atoms with Crippen LogP contribution in [0, 0.1) is 17.8 Å². The molecule has 1 saturated carbocycles. The van der Waals surface area contributed by atoms with Crippen LogP contribution >= 0.6 is 11.6 Å². The molecule has 1 aliphatic carbocycles. The summed E-state index contributed by atoms with van der Waals surface area (Å²) in [6.45, 7) is 2.31. The van der Waals surface area contributed by atoms with Crippen molar-refractivity contribution in [2.24, 2.45) is 5.92 Å². The van der Waals surface area contributed by atoms with Crippen molar-refractivity contribution in [3.63, 3.8) is 0 Å². The quantitative estimate of drug-likeness (QED) is 0.578. The summed E-state index contributed by atoms with van der Waals surface area (Å²) in [4.78, 5) is 0. The predicted octanol–water partition coefficient (Wildman–Crippen LogP) is 4.62. The van der Waals surface area contributed by atoms with Crippen LogP contribution in [0.1, 0.15) is 44.6 Å². The van der Waals surface area contributed by atoms with E-state index in [2.05, 4.69) is 18.8 Å². The molecule has 0 spiro atoms. The van der Waals surface area contributed by atoms with E-state index in [-0.39, 0.29) is 0 Å². The molecule has 2 heteroatoms. The summed E-state index contributed by atoms with van der Waals surface area (Å²) < 4.78 is 6.15. The second-order valence-electron chi connectivity index (χ2n) is 5.25. The third-order valence-electron chi connectivity index (χ3n) is 3.51. The van der Waals surface area contributed by atoms with Gasteiger partial charge in [0.15, 0.2) is 0 Å². The molecule has 1 nitrogen and oxygen atoms in total. The number of benzene rings is 1. The molecule has 1 aliphatic rings. The average Bonchev–Trinajstić information content (AvgIpc) is 2.41. The van der Waals surface area contributed by atoms with Gasteiger partial charge in [0.2, 0.25) is 0 Å². The van der Waals surface area contributed by atoms with Gasteiger partial charge in [0, 0.05) is 12.3 Å². The van der Waals surface area contributed by atoms with Crippen LogP contribution in [0.15, 0.2) is 24.3 Å². The molecule has 19 heavy (non-hydrogen) atoms. The Hall–Kier alpha value is -1.13. The first-order valence-corrected chi connectivity index (χ1v) is 7.63. The first kappa shape index (κ1) is 14.3. The number of hydrogen-bond acceptors (Lipinski definition) is 1. The number of alkyl halides is 1. The van der Waals surface area contributed by atoms with Gasteiger partial charge in [0.05, 0.1) is 11.7 Å². The highest BCUT2D eigenvalue weighted by atomic mass is 35.5. The van der Waals surface area contributed by atoms with Crippen LogP contribution in [-0.4, -0.2) is 12.0 Å². The largest absolute Gasteiger partial charge is 0.489 e. The van der Waals surface area contributed by atoms with Crippen molar-refractivity contribution in [2.75, 3.05) is 5.88 Å². The highest BCUT2D eigenvalue weighted by Gasteiger charge is 2.20. The van der Waals surface area contributed by atoms with E-state index in [0.29, 0.717) is 12.0 Å². The number of rotatable bonds is 3. The second-order valence-corrected chi connectivity index (χ2v) is 5.63. The van der Waals surface area contributed by atoms with Crippen molar-refractivity contribution in [3.8, 4) is 17.6 Å². The van der Waals surface area contributed by atoms with Gasteiger partial charge in [0.25, 0.3) is 0 Å². The molecule has 0 heterocycles. The Labute approximate surface area is 121 Å². The lowest BCUT2D eigenvalue weighted by molar-refractivity contribution is 0.129. The third-order valence-corrected chi connectivity index (χ3v) is 3.70. The smallest absolute Gasteiger partial charge is 0.135 e. The Morgan fingerprint density at radius 3 is 2.95 bits per heavy atom. The topological polar surface area (TPSA) is 9.23 Å². The zero-order valence-corrected chi connectivity index (χ0v) is 12.2. The van der Waals surface area contributed by atoms with Gasteiger partial charge in [-0.15, -0.1) is 11.6 Å². The van der Waals surface area contributed by atoms with Gasteiger partial charge in [-0.3, -0.25) is 0 Å². The SMILES string of the molecule is CC1CCCC(Oc2ccccc2C#CCCCl)C1. The van der Waals surface area contributed by atoms with E-state index in [1.165, 1.54) is 12.8 Å². The Morgan fingerprint density at radius 1 is 1.32 bits per heavy atom. The molecule has 2 atom stereocenters. The maximum atomic E-state index is 6.15. The van der Waals surface area contributed by atoms with Gasteiger partial charge < -0.3 is 4.74 Å². The van der Waals surface area contributed by atoms with Gasteiger partial charge >= 0.3 is 0 Å². The molecule has 2 rings (SSSR count). The zero-order valence-electron chi connectivity index (χ0n) is 11.5. The number of para-hydroxylation sites is 1. The van der Waals surface area contributed by atoms with E-state index in [1.54, 1.807) is 0 Å². The minimum atomic E-state index is 0.347. The highest BCUT2D eigenvalue weighted by molar-refractivity contribution is 6.18. The van der Waals surface area contributed by atoms with Crippen LogP contribution in [0.4, 0.5) is 0 Å². The van der Waals surface area contributed by atoms with Crippen molar-refractivity contribution in [2.45, 2.75) is 45.1 Å². The molecule has 1 aromatic rings. The van der Waals surface area contributed by atoms with Crippen molar-refractivity contribution in [1.29, 1.82) is 0 Å². The molecule has 102 valence electrons. The maximum Gasteiger partial charge on any atom is 0.135 e. The van der Waals surface area contributed by atoms with Crippen molar-refractivity contribution >= 4 is 11.6 Å². The fourth-order valence-corrected chi connectivity index (χ4v) is 2.64. The normalized spacial score (nSPS) is 22.4. The molecule has 0 bridgehead atoms. The van der Waals surface area contributed by atoms with Crippen molar-refractivity contribution < 1.29 is 4.74 Å². The highest BCUT2D eigenvalue weighted by Crippen LogP contribution is 2.28. The number of halogens is 1. The Balaban J connectivity index is 2.05. The summed E-state index contributed by atoms with van der Waals surface area (Å²) in [5, 5.41) is 0. The first-order valence-electron chi connectivity index (χ1n) is 7.10. The summed E-state index contributed by atoms with van der Waals surface area (Å²) in [6, 6.07) is 8.04. The second kappa shape index (κ2) is 7.46. The fourth-order valence-electron chi connectivity index (χ4n) is 2.54. The van der Waals surface area contributed by atoms with Crippen LogP contribution in [0.3, 0.4) is 0 Å². The van der Waals surface area contributed by atoms with Crippen LogP contribution < -0.4 is 4.74 Å². The molecule has 0 N–H and O–H groups in total. The van der Waals surface area contributed by atoms with Gasteiger partial charge in [-0.05, 0) is 37.3 Å². The Bertz CT molecular complexity index is 458. The summed E-state index contributed by atoms with van der Waals surface area (Å²) in [5.41, 5.74) is 0.978. The van der Waals surface area contributed by atoms with Gasteiger partial charge in [-0.25, -0.2) is 0 Å². The standard InChI is InChI=1S/C17H21ClO/c1-14-7-6-10-16(13-14)19-17-11-3-2-8-15(17)9-4-5-12-18/h2-3,8,11,14,16H,5-7,10,12-13H2,1H3. The van der Waals surface area contributed by atoms with E-state index in [1.807, 2.05) is 24.3 Å². The van der Waals surface area contributed by atoms with Crippen LogP contribution in [0.5, 0.6) is 5.75 Å². The van der Waals surface area contributed by atoms with Crippen LogP contribution in [0.25, 0.3) is 0 Å². The lowest BCUT2D eigenvalue weighted by atomic mass is 9.88. The van der Waals surface area contributed by atoms with Gasteiger partial charge in [-0.2, -0.15) is 0 Å². The zero-order chi connectivity index (χ0) is 13.5. The van der Waals surface area contributed by atoms with Gasteiger partial charge in [-0.1, -0.05) is 37.3 Å². The first-order chi connectivity index (χ1) is 9.29. The molecule has 0 saturated heterocycles. The molecule has 1 fully saturated rings. The number of hydrogen-bond donors (Lipinski definition) is 0. The lowest BCUT2D eigenvalue weighted by Crippen LogP contribution is -2.24. The average molecular weight is 277 g/mol. The summed E-state index contributed by atoms with van der Waals surface area (Å²) in [6.07, 6.45) is 5.98. The molecule has 0 aromatic heterocycles. The fraction of sp³-hybridized carbons (Fsp3) is 0.529. The summed E-state index contributed by atoms with van der Waals surface area (Å²) >= 11 is 5.65. The minimum Gasteiger partial charge on any atom is -0.489 e. The van der Waals surface area contributed by atoms with Crippen molar-refractivity contribution in [3.05, 3.63) is 29.8 Å². The molecule has 0 amide bonds. The van der Waals surface area contributed by atoms with Crippen LogP contribution in [0.2, 0.25) is 0 Å². The molecule has 0 aliphatic heterocycles. The van der Waals surface area contributed by atoms with Crippen LogP contribution in [-0.2, 0) is 0 Å². The lowest BCUT2D eigenvalue weighted by Gasteiger charge is -2.27. The molecular formula is C17H21ClO. The molecule has 2 unspecified atom stereocenters.